The number of amides is 1. The standard InChI is InChI=1S/C29H28ClN7O2/c1-4-27(38)35-11-9-22(10-12-35)37-18(2)28(33-34-37)21-13-26(29-25(30)16-32-36(29)17-21)39-19(3)24-15-31-14-20-7-5-6-8-23(20)24/h4-8,13-17,19,22H,1,9-12H2,2-3H3. The van der Waals surface area contributed by atoms with Gasteiger partial charge in [0.15, 0.2) is 0 Å². The topological polar surface area (TPSA) is 90.4 Å². The summed E-state index contributed by atoms with van der Waals surface area (Å²) in [7, 11) is 0. The van der Waals surface area contributed by atoms with Gasteiger partial charge in [0.2, 0.25) is 5.91 Å². The second-order valence-corrected chi connectivity index (χ2v) is 10.2. The average molecular weight is 542 g/mol. The molecule has 1 fully saturated rings. The summed E-state index contributed by atoms with van der Waals surface area (Å²) in [6, 6.07) is 10.2. The summed E-state index contributed by atoms with van der Waals surface area (Å²) in [4.78, 5) is 18.2. The predicted molar refractivity (Wildman–Crippen MR) is 150 cm³/mol. The molecule has 1 unspecified atom stereocenters. The van der Waals surface area contributed by atoms with E-state index in [2.05, 4.69) is 33.0 Å². The lowest BCUT2D eigenvalue weighted by Crippen LogP contribution is -2.38. The highest BCUT2D eigenvalue weighted by atomic mass is 35.5. The van der Waals surface area contributed by atoms with Crippen LogP contribution in [-0.4, -0.2) is 53.5 Å². The molecule has 5 heterocycles. The fraction of sp³-hybridized carbons (Fsp3) is 0.276. The van der Waals surface area contributed by atoms with Crippen LogP contribution >= 0.6 is 11.6 Å². The molecule has 1 aromatic carbocycles. The van der Waals surface area contributed by atoms with E-state index in [-0.39, 0.29) is 18.1 Å². The van der Waals surface area contributed by atoms with Gasteiger partial charge < -0.3 is 9.64 Å². The Hall–Kier alpha value is -4.24. The van der Waals surface area contributed by atoms with E-state index in [0.29, 0.717) is 29.4 Å². The minimum Gasteiger partial charge on any atom is -0.484 e. The number of fused-ring (bicyclic) bond motifs is 2. The molecule has 1 aliphatic rings. The maximum absolute atomic E-state index is 12.0. The molecule has 0 N–H and O–H groups in total. The van der Waals surface area contributed by atoms with Crippen molar-refractivity contribution in [1.29, 1.82) is 0 Å². The summed E-state index contributed by atoms with van der Waals surface area (Å²) in [6.45, 7) is 8.95. The number of aromatic nitrogens is 6. The number of pyridine rings is 2. The molecule has 39 heavy (non-hydrogen) atoms. The molecular weight excluding hydrogens is 514 g/mol. The van der Waals surface area contributed by atoms with Crippen LogP contribution in [0.25, 0.3) is 27.5 Å². The van der Waals surface area contributed by atoms with Crippen molar-refractivity contribution in [2.75, 3.05) is 13.1 Å². The van der Waals surface area contributed by atoms with Gasteiger partial charge in [-0.2, -0.15) is 5.10 Å². The maximum Gasteiger partial charge on any atom is 0.245 e. The molecule has 1 atom stereocenters. The number of rotatable bonds is 6. The first-order chi connectivity index (χ1) is 18.9. The third-order valence-corrected chi connectivity index (χ3v) is 7.75. The second-order valence-electron chi connectivity index (χ2n) is 9.82. The number of benzene rings is 1. The zero-order valence-electron chi connectivity index (χ0n) is 21.8. The number of likely N-dealkylation sites (tertiary alicyclic amines) is 1. The van der Waals surface area contributed by atoms with Crippen LogP contribution in [0.5, 0.6) is 5.75 Å². The quantitative estimate of drug-likeness (QED) is 0.260. The number of carbonyl (C=O) groups excluding carboxylic acids is 1. The van der Waals surface area contributed by atoms with Crippen LogP contribution in [0.15, 0.2) is 67.8 Å². The van der Waals surface area contributed by atoms with Crippen LogP contribution in [0.3, 0.4) is 0 Å². The summed E-state index contributed by atoms with van der Waals surface area (Å²) in [5.74, 6) is 0.567. The number of halogens is 1. The second kappa shape index (κ2) is 10.1. The normalized spacial score (nSPS) is 15.1. The Bertz CT molecular complexity index is 1700. The molecule has 6 rings (SSSR count). The Morgan fingerprint density at radius 3 is 2.79 bits per heavy atom. The third kappa shape index (κ3) is 4.52. The number of carbonyl (C=O) groups is 1. The smallest absolute Gasteiger partial charge is 0.245 e. The Morgan fingerprint density at radius 1 is 1.21 bits per heavy atom. The van der Waals surface area contributed by atoms with E-state index in [4.69, 9.17) is 16.3 Å². The lowest BCUT2D eigenvalue weighted by Gasteiger charge is -2.31. The van der Waals surface area contributed by atoms with Crippen molar-refractivity contribution < 1.29 is 9.53 Å². The molecule has 0 radical (unpaired) electrons. The van der Waals surface area contributed by atoms with Crippen molar-refractivity contribution in [2.24, 2.45) is 0 Å². The van der Waals surface area contributed by atoms with Gasteiger partial charge in [-0.1, -0.05) is 47.7 Å². The van der Waals surface area contributed by atoms with Gasteiger partial charge in [-0.25, -0.2) is 9.20 Å². The van der Waals surface area contributed by atoms with Gasteiger partial charge in [0, 0.05) is 48.2 Å². The van der Waals surface area contributed by atoms with E-state index in [1.165, 1.54) is 6.08 Å². The zero-order chi connectivity index (χ0) is 27.1. The van der Waals surface area contributed by atoms with Crippen molar-refractivity contribution in [1.82, 2.24) is 34.5 Å². The van der Waals surface area contributed by atoms with Crippen molar-refractivity contribution in [3.63, 3.8) is 0 Å². The Morgan fingerprint density at radius 2 is 2.00 bits per heavy atom. The molecule has 4 aromatic heterocycles. The molecule has 10 heteroatoms. The van der Waals surface area contributed by atoms with E-state index in [9.17, 15) is 4.79 Å². The fourth-order valence-corrected chi connectivity index (χ4v) is 5.62. The average Bonchev–Trinajstić information content (AvgIpc) is 3.54. The van der Waals surface area contributed by atoms with Gasteiger partial charge >= 0.3 is 0 Å². The lowest BCUT2D eigenvalue weighted by atomic mass is 10.0. The van der Waals surface area contributed by atoms with E-state index in [0.717, 1.165) is 46.1 Å². The van der Waals surface area contributed by atoms with Crippen LogP contribution in [0.2, 0.25) is 5.02 Å². The molecule has 0 spiro atoms. The van der Waals surface area contributed by atoms with Crippen LogP contribution in [-0.2, 0) is 4.79 Å². The van der Waals surface area contributed by atoms with Crippen LogP contribution in [0.1, 0.15) is 43.2 Å². The van der Waals surface area contributed by atoms with Crippen molar-refractivity contribution in [2.45, 2.75) is 38.8 Å². The first kappa shape index (κ1) is 25.1. The van der Waals surface area contributed by atoms with Crippen LogP contribution in [0, 0.1) is 6.92 Å². The molecule has 0 aliphatic carbocycles. The minimum atomic E-state index is -0.297. The maximum atomic E-state index is 12.0. The summed E-state index contributed by atoms with van der Waals surface area (Å²) in [6.07, 6.45) is 9.89. The highest BCUT2D eigenvalue weighted by Gasteiger charge is 2.26. The van der Waals surface area contributed by atoms with Gasteiger partial charge in [-0.05, 0) is 44.2 Å². The number of hydrogen-bond acceptors (Lipinski definition) is 6. The molecule has 5 aromatic rings. The van der Waals surface area contributed by atoms with Gasteiger partial charge in [-0.15, -0.1) is 5.10 Å². The number of hydrogen-bond donors (Lipinski definition) is 0. The SMILES string of the molecule is C=CC(=O)N1CCC(n2nnc(-c3cc(OC(C)c4cncc5ccccc45)c4c(Cl)cnn4c3)c2C)CC1. The van der Waals surface area contributed by atoms with E-state index in [1.807, 2.05) is 66.3 Å². The Kier molecular flexibility index (Phi) is 6.52. The van der Waals surface area contributed by atoms with E-state index in [1.54, 1.807) is 10.7 Å². The summed E-state index contributed by atoms with van der Waals surface area (Å²) in [5, 5.41) is 16.1. The minimum absolute atomic E-state index is 0.0309. The molecule has 0 bridgehead atoms. The van der Waals surface area contributed by atoms with Crippen molar-refractivity contribution >= 4 is 33.8 Å². The highest BCUT2D eigenvalue weighted by Crippen LogP contribution is 2.36. The molecule has 198 valence electrons. The molecule has 1 aliphatic heterocycles. The Balaban J connectivity index is 1.33. The van der Waals surface area contributed by atoms with Gasteiger partial charge in [-0.3, -0.25) is 9.78 Å². The lowest BCUT2D eigenvalue weighted by molar-refractivity contribution is -0.127. The monoisotopic (exact) mass is 541 g/mol. The molecule has 9 nitrogen and oxygen atoms in total. The van der Waals surface area contributed by atoms with Crippen molar-refractivity contribution in [3.05, 3.63) is 84.1 Å². The summed E-state index contributed by atoms with van der Waals surface area (Å²) < 4.78 is 10.2. The van der Waals surface area contributed by atoms with Gasteiger partial charge in [0.1, 0.15) is 23.1 Å². The molecule has 1 amide bonds. The zero-order valence-corrected chi connectivity index (χ0v) is 22.5. The van der Waals surface area contributed by atoms with Crippen molar-refractivity contribution in [3.8, 4) is 17.0 Å². The summed E-state index contributed by atoms with van der Waals surface area (Å²) in [5.41, 5.74) is 4.18. The molecule has 0 saturated carbocycles. The Labute approximate surface area is 230 Å². The van der Waals surface area contributed by atoms with Crippen LogP contribution in [0.4, 0.5) is 0 Å². The first-order valence-corrected chi connectivity index (χ1v) is 13.3. The fourth-order valence-electron chi connectivity index (χ4n) is 5.40. The first-order valence-electron chi connectivity index (χ1n) is 12.9. The summed E-state index contributed by atoms with van der Waals surface area (Å²) >= 11 is 6.54. The molecular formula is C29H28ClN7O2. The van der Waals surface area contributed by atoms with E-state index >= 15 is 0 Å². The highest BCUT2D eigenvalue weighted by molar-refractivity contribution is 6.34. The number of ether oxygens (including phenoxy) is 1. The number of nitrogens with zero attached hydrogens (tertiary/aromatic N) is 7. The largest absolute Gasteiger partial charge is 0.484 e. The number of piperidine rings is 1. The van der Waals surface area contributed by atoms with Crippen LogP contribution < -0.4 is 4.74 Å². The molecule has 1 saturated heterocycles. The third-order valence-electron chi connectivity index (χ3n) is 7.47. The van der Waals surface area contributed by atoms with E-state index < -0.39 is 0 Å². The van der Waals surface area contributed by atoms with Gasteiger partial charge in [0.25, 0.3) is 0 Å². The predicted octanol–water partition coefficient (Wildman–Crippen LogP) is 5.59. The van der Waals surface area contributed by atoms with Gasteiger partial charge in [0.05, 0.1) is 23.0 Å².